The summed E-state index contributed by atoms with van der Waals surface area (Å²) < 4.78 is 2.66. The summed E-state index contributed by atoms with van der Waals surface area (Å²) in [5.41, 5.74) is -0.728. The van der Waals surface area contributed by atoms with E-state index in [4.69, 9.17) is 0 Å². The van der Waals surface area contributed by atoms with Crippen molar-refractivity contribution < 1.29 is 14.7 Å². The van der Waals surface area contributed by atoms with Gasteiger partial charge in [0.25, 0.3) is 17.4 Å². The summed E-state index contributed by atoms with van der Waals surface area (Å²) in [5.74, 6) is -1.72. The third kappa shape index (κ3) is 3.42. The Morgan fingerprint density at radius 3 is 2.25 bits per heavy atom. The van der Waals surface area contributed by atoms with E-state index in [1.807, 2.05) is 31.2 Å². The maximum Gasteiger partial charge on any atom is 0.333 e. The lowest BCUT2D eigenvalue weighted by Crippen LogP contribution is -2.36. The molecule has 3 aromatic rings. The molecule has 0 unspecified atom stereocenters. The summed E-state index contributed by atoms with van der Waals surface area (Å²) in [6, 6.07) is 11.9. The van der Waals surface area contributed by atoms with Crippen LogP contribution in [0.4, 0.5) is 11.4 Å². The van der Waals surface area contributed by atoms with Gasteiger partial charge in [-0.1, -0.05) is 23.8 Å². The van der Waals surface area contributed by atoms with Crippen LogP contribution in [0.3, 0.4) is 0 Å². The van der Waals surface area contributed by atoms with Crippen molar-refractivity contribution in [2.24, 2.45) is 24.3 Å². The van der Waals surface area contributed by atoms with E-state index in [-0.39, 0.29) is 16.8 Å². The summed E-state index contributed by atoms with van der Waals surface area (Å²) in [6.45, 7) is 1.93. The number of aromatic hydroxyl groups is 1. The zero-order valence-corrected chi connectivity index (χ0v) is 18.1. The highest BCUT2D eigenvalue weighted by Crippen LogP contribution is 2.37. The summed E-state index contributed by atoms with van der Waals surface area (Å²) in [4.78, 5) is 50.7. The van der Waals surface area contributed by atoms with E-state index in [2.05, 4.69) is 10.2 Å². The van der Waals surface area contributed by atoms with Crippen LogP contribution >= 0.6 is 11.9 Å². The van der Waals surface area contributed by atoms with Gasteiger partial charge >= 0.3 is 5.69 Å². The summed E-state index contributed by atoms with van der Waals surface area (Å²) in [7, 11) is 2.52. The molecule has 0 saturated heterocycles. The second-order valence-electron chi connectivity index (χ2n) is 7.09. The van der Waals surface area contributed by atoms with Crippen molar-refractivity contribution in [3.8, 4) is 5.88 Å². The molecule has 1 aliphatic rings. The molecule has 4 rings (SSSR count). The van der Waals surface area contributed by atoms with Crippen LogP contribution in [-0.4, -0.2) is 30.4 Å². The molecule has 0 fully saturated rings. The fraction of sp³-hybridized carbons (Fsp3) is 0.143. The molecule has 2 aromatic carbocycles. The second kappa shape index (κ2) is 7.93. The van der Waals surface area contributed by atoms with Gasteiger partial charge in [0.05, 0.1) is 16.8 Å². The van der Waals surface area contributed by atoms with Crippen molar-refractivity contribution in [1.82, 2.24) is 13.4 Å². The number of aryl methyl sites for hydroxylation is 1. The van der Waals surface area contributed by atoms with Crippen molar-refractivity contribution in [3.63, 3.8) is 0 Å². The molecule has 11 heteroatoms. The maximum atomic E-state index is 13.0. The monoisotopic (exact) mass is 451 g/mol. The van der Waals surface area contributed by atoms with E-state index < -0.39 is 34.6 Å². The Labute approximate surface area is 185 Å². The third-order valence-electron chi connectivity index (χ3n) is 4.94. The number of carbonyl (C=O) groups is 2. The lowest BCUT2D eigenvalue weighted by Gasteiger charge is -2.12. The number of carbonyl (C=O) groups excluding carboxylic acids is 2. The van der Waals surface area contributed by atoms with Crippen molar-refractivity contribution in [2.75, 3.05) is 0 Å². The molecule has 162 valence electrons. The lowest BCUT2D eigenvalue weighted by molar-refractivity contribution is 0.0777. The number of fused-ring (bicyclic) bond motifs is 1. The molecule has 2 amide bonds. The van der Waals surface area contributed by atoms with Crippen LogP contribution in [0.5, 0.6) is 5.88 Å². The minimum absolute atomic E-state index is 0.0435. The maximum absolute atomic E-state index is 13.0. The number of imide groups is 1. The molecule has 0 atom stereocenters. The predicted octanol–water partition coefficient (Wildman–Crippen LogP) is 2.82. The molecule has 1 N–H and O–H groups in total. The first-order chi connectivity index (χ1) is 15.2. The summed E-state index contributed by atoms with van der Waals surface area (Å²) in [5, 5.41) is 17.9. The molecule has 10 nitrogen and oxygen atoms in total. The Balaban J connectivity index is 1.72. The average molecular weight is 451 g/mol. The summed E-state index contributed by atoms with van der Waals surface area (Å²) >= 11 is 0.997. The minimum atomic E-state index is -0.846. The van der Waals surface area contributed by atoms with Crippen LogP contribution < -0.4 is 11.2 Å². The second-order valence-corrected chi connectivity index (χ2v) is 8.11. The number of amides is 2. The first-order valence-corrected chi connectivity index (χ1v) is 10.1. The zero-order valence-electron chi connectivity index (χ0n) is 17.3. The van der Waals surface area contributed by atoms with Crippen molar-refractivity contribution in [1.29, 1.82) is 0 Å². The molecular weight excluding hydrogens is 434 g/mol. The standard InChI is InChI=1S/C21H17N5O5S/c1-11-7-9-12(10-8-11)32-26-17(27)13-5-4-6-14(15(13)18(26)28)22-23-16-19(29)24(2)21(31)25(3)20(16)30/h4-10,29H,1-3H3. The number of hydrogen-bond acceptors (Lipinski definition) is 8. The lowest BCUT2D eigenvalue weighted by atomic mass is 10.1. The number of nitrogens with zero attached hydrogens (tertiary/aromatic N) is 5. The fourth-order valence-electron chi connectivity index (χ4n) is 3.12. The normalized spacial score (nSPS) is 13.3. The van der Waals surface area contributed by atoms with E-state index in [9.17, 15) is 24.3 Å². The largest absolute Gasteiger partial charge is 0.493 e. The molecule has 0 radical (unpaired) electrons. The SMILES string of the molecule is Cc1ccc(SN2C(=O)c3cccc(N=Nc4c(O)n(C)c(=O)n(C)c4=O)c3C2=O)cc1. The highest BCUT2D eigenvalue weighted by Gasteiger charge is 2.38. The molecular formula is C21H17N5O5S. The van der Waals surface area contributed by atoms with E-state index >= 15 is 0 Å². The third-order valence-corrected chi connectivity index (χ3v) is 5.94. The Morgan fingerprint density at radius 2 is 1.56 bits per heavy atom. The Hall–Kier alpha value is -3.99. The number of benzene rings is 2. The van der Waals surface area contributed by atoms with Gasteiger partial charge in [-0.15, -0.1) is 10.2 Å². The predicted molar refractivity (Wildman–Crippen MR) is 117 cm³/mol. The highest BCUT2D eigenvalue weighted by molar-refractivity contribution is 7.98. The molecule has 32 heavy (non-hydrogen) atoms. The van der Waals surface area contributed by atoms with Crippen LogP contribution in [0.2, 0.25) is 0 Å². The van der Waals surface area contributed by atoms with Gasteiger partial charge in [0.1, 0.15) is 0 Å². The molecule has 0 aliphatic carbocycles. The van der Waals surface area contributed by atoms with Gasteiger partial charge < -0.3 is 5.11 Å². The van der Waals surface area contributed by atoms with E-state index in [1.165, 1.54) is 32.3 Å². The Morgan fingerprint density at radius 1 is 0.875 bits per heavy atom. The summed E-state index contributed by atoms with van der Waals surface area (Å²) in [6.07, 6.45) is 0. The smallest absolute Gasteiger partial charge is 0.333 e. The van der Waals surface area contributed by atoms with Crippen LogP contribution in [0, 0.1) is 6.92 Å². The zero-order chi connectivity index (χ0) is 23.2. The number of azo groups is 1. The van der Waals surface area contributed by atoms with E-state index in [1.54, 1.807) is 0 Å². The van der Waals surface area contributed by atoms with Crippen LogP contribution in [-0.2, 0) is 14.1 Å². The van der Waals surface area contributed by atoms with Gasteiger partial charge in [-0.2, -0.15) is 0 Å². The first kappa shape index (κ1) is 21.2. The topological polar surface area (TPSA) is 126 Å². The first-order valence-electron chi connectivity index (χ1n) is 9.38. The van der Waals surface area contributed by atoms with Crippen molar-refractivity contribution >= 4 is 35.1 Å². The Bertz CT molecular complexity index is 1420. The van der Waals surface area contributed by atoms with Crippen LogP contribution in [0.1, 0.15) is 26.3 Å². The van der Waals surface area contributed by atoms with Crippen LogP contribution in [0.15, 0.2) is 67.2 Å². The molecule has 0 spiro atoms. The van der Waals surface area contributed by atoms with Gasteiger partial charge in [-0.3, -0.25) is 23.5 Å². The molecule has 1 aromatic heterocycles. The van der Waals surface area contributed by atoms with Gasteiger partial charge in [-0.25, -0.2) is 9.10 Å². The average Bonchev–Trinajstić information content (AvgIpc) is 3.03. The van der Waals surface area contributed by atoms with E-state index in [0.717, 1.165) is 31.0 Å². The van der Waals surface area contributed by atoms with E-state index in [0.29, 0.717) is 4.90 Å². The molecule has 2 heterocycles. The van der Waals surface area contributed by atoms with Gasteiger partial charge in [0, 0.05) is 19.0 Å². The number of rotatable bonds is 4. The van der Waals surface area contributed by atoms with Crippen molar-refractivity contribution in [2.45, 2.75) is 11.8 Å². The van der Waals surface area contributed by atoms with Gasteiger partial charge in [-0.05, 0) is 43.1 Å². The van der Waals surface area contributed by atoms with Gasteiger partial charge in [0.2, 0.25) is 11.6 Å². The Kier molecular flexibility index (Phi) is 5.26. The molecule has 0 bridgehead atoms. The number of hydrogen-bond donors (Lipinski definition) is 1. The van der Waals surface area contributed by atoms with Crippen LogP contribution in [0.25, 0.3) is 0 Å². The molecule has 1 aliphatic heterocycles. The molecule has 0 saturated carbocycles. The minimum Gasteiger partial charge on any atom is -0.493 e. The highest BCUT2D eigenvalue weighted by atomic mass is 32.2. The quantitative estimate of drug-likeness (QED) is 0.369. The van der Waals surface area contributed by atoms with Crippen molar-refractivity contribution in [3.05, 3.63) is 80.0 Å². The number of aromatic nitrogens is 2. The van der Waals surface area contributed by atoms with Gasteiger partial charge in [0.15, 0.2) is 0 Å². The fourth-order valence-corrected chi connectivity index (χ4v) is 3.95.